The van der Waals surface area contributed by atoms with Crippen LogP contribution < -0.4 is 14.5 Å². The molecule has 2 aromatic rings. The minimum atomic E-state index is -0.331. The van der Waals surface area contributed by atoms with Crippen molar-refractivity contribution < 1.29 is 18.8 Å². The predicted octanol–water partition coefficient (Wildman–Crippen LogP) is 1.69. The molecule has 2 aliphatic heterocycles. The van der Waals surface area contributed by atoms with Crippen LogP contribution in [0.25, 0.3) is 0 Å². The third-order valence-electron chi connectivity index (χ3n) is 5.38. The standard InChI is InChI=1S/C20H24N4O4/c1-14-11-18(21-28-14)24-13-15(12-19(24)25)20(26)23-9-7-22(8-10-23)16-5-3-4-6-17(16)27-2/h3-6,11,15H,7-10,12-13H2,1-2H3. The van der Waals surface area contributed by atoms with Gasteiger partial charge in [-0.25, -0.2) is 0 Å². The number of benzene rings is 1. The summed E-state index contributed by atoms with van der Waals surface area (Å²) < 4.78 is 10.5. The van der Waals surface area contributed by atoms with Gasteiger partial charge in [0.15, 0.2) is 5.82 Å². The van der Waals surface area contributed by atoms with Gasteiger partial charge in [0, 0.05) is 45.2 Å². The van der Waals surface area contributed by atoms with E-state index in [-0.39, 0.29) is 24.2 Å². The average molecular weight is 384 g/mol. The van der Waals surface area contributed by atoms with Crippen LogP contribution in [0.3, 0.4) is 0 Å². The molecule has 2 fully saturated rings. The van der Waals surface area contributed by atoms with Crippen LogP contribution in [0.2, 0.25) is 0 Å². The molecule has 1 unspecified atom stereocenters. The third-order valence-corrected chi connectivity index (χ3v) is 5.38. The van der Waals surface area contributed by atoms with E-state index in [0.717, 1.165) is 24.5 Å². The summed E-state index contributed by atoms with van der Waals surface area (Å²) in [5.41, 5.74) is 1.04. The lowest BCUT2D eigenvalue weighted by molar-refractivity contribution is -0.136. The lowest BCUT2D eigenvalue weighted by atomic mass is 10.1. The van der Waals surface area contributed by atoms with Crippen LogP contribution in [0.5, 0.6) is 5.75 Å². The molecule has 1 aromatic carbocycles. The number of piperazine rings is 1. The van der Waals surface area contributed by atoms with Crippen molar-refractivity contribution in [3.8, 4) is 5.75 Å². The molecule has 4 rings (SSSR count). The number of rotatable bonds is 4. The zero-order valence-corrected chi connectivity index (χ0v) is 16.1. The molecule has 0 spiro atoms. The number of anilines is 2. The van der Waals surface area contributed by atoms with E-state index in [1.807, 2.05) is 29.2 Å². The Morgan fingerprint density at radius 3 is 2.64 bits per heavy atom. The number of carbonyl (C=O) groups excluding carboxylic acids is 2. The van der Waals surface area contributed by atoms with Crippen LogP contribution in [0, 0.1) is 12.8 Å². The van der Waals surface area contributed by atoms with E-state index in [9.17, 15) is 9.59 Å². The maximum atomic E-state index is 13.0. The molecule has 2 saturated heterocycles. The molecule has 8 nitrogen and oxygen atoms in total. The number of aryl methyl sites for hydroxylation is 1. The Balaban J connectivity index is 1.37. The SMILES string of the molecule is COc1ccccc1N1CCN(C(=O)C2CC(=O)N(c3cc(C)on3)C2)CC1. The molecule has 148 valence electrons. The number of methoxy groups -OCH3 is 1. The first-order valence-corrected chi connectivity index (χ1v) is 9.47. The van der Waals surface area contributed by atoms with Crippen LogP contribution in [0.4, 0.5) is 11.5 Å². The first kappa shape index (κ1) is 18.3. The Morgan fingerprint density at radius 1 is 1.21 bits per heavy atom. The van der Waals surface area contributed by atoms with E-state index in [1.165, 1.54) is 0 Å². The normalized spacial score (nSPS) is 20.0. The molecule has 8 heteroatoms. The van der Waals surface area contributed by atoms with Gasteiger partial charge in [-0.2, -0.15) is 0 Å². The number of amides is 2. The Hall–Kier alpha value is -3.03. The van der Waals surface area contributed by atoms with Crippen molar-refractivity contribution in [3.63, 3.8) is 0 Å². The zero-order valence-electron chi connectivity index (χ0n) is 16.1. The van der Waals surface area contributed by atoms with E-state index in [2.05, 4.69) is 10.1 Å². The maximum absolute atomic E-state index is 13.0. The fourth-order valence-corrected chi connectivity index (χ4v) is 3.89. The second-order valence-corrected chi connectivity index (χ2v) is 7.19. The van der Waals surface area contributed by atoms with E-state index in [1.54, 1.807) is 25.0 Å². The number of para-hydroxylation sites is 2. The molecule has 0 N–H and O–H groups in total. The highest BCUT2D eigenvalue weighted by Gasteiger charge is 2.39. The number of nitrogens with zero attached hydrogens (tertiary/aromatic N) is 4. The third kappa shape index (κ3) is 3.42. The highest BCUT2D eigenvalue weighted by molar-refractivity contribution is 5.99. The topological polar surface area (TPSA) is 79.1 Å². The van der Waals surface area contributed by atoms with Crippen molar-refractivity contribution in [1.82, 2.24) is 10.1 Å². The number of hydrogen-bond acceptors (Lipinski definition) is 6. The maximum Gasteiger partial charge on any atom is 0.229 e. The lowest BCUT2D eigenvalue weighted by Gasteiger charge is -2.37. The van der Waals surface area contributed by atoms with Gasteiger partial charge in [0.25, 0.3) is 0 Å². The van der Waals surface area contributed by atoms with Crippen molar-refractivity contribution in [2.45, 2.75) is 13.3 Å². The molecule has 1 aromatic heterocycles. The van der Waals surface area contributed by atoms with Crippen molar-refractivity contribution in [2.24, 2.45) is 5.92 Å². The number of hydrogen-bond donors (Lipinski definition) is 0. The van der Waals surface area contributed by atoms with Gasteiger partial charge in [-0.3, -0.25) is 14.5 Å². The van der Waals surface area contributed by atoms with Crippen LogP contribution in [0.15, 0.2) is 34.9 Å². The first-order chi connectivity index (χ1) is 13.6. The molecular weight excluding hydrogens is 360 g/mol. The molecule has 3 heterocycles. The molecule has 0 bridgehead atoms. The van der Waals surface area contributed by atoms with Crippen molar-refractivity contribution >= 4 is 23.3 Å². The monoisotopic (exact) mass is 384 g/mol. The molecule has 2 aliphatic rings. The summed E-state index contributed by atoms with van der Waals surface area (Å²) in [6, 6.07) is 9.62. The lowest BCUT2D eigenvalue weighted by Crippen LogP contribution is -2.50. The van der Waals surface area contributed by atoms with Crippen LogP contribution in [-0.4, -0.2) is 61.7 Å². The van der Waals surface area contributed by atoms with Gasteiger partial charge in [-0.05, 0) is 19.1 Å². The Labute approximate surface area is 163 Å². The Kier molecular flexibility index (Phi) is 4.93. The molecule has 28 heavy (non-hydrogen) atoms. The number of ether oxygens (including phenoxy) is 1. The van der Waals surface area contributed by atoms with Gasteiger partial charge in [0.2, 0.25) is 11.8 Å². The summed E-state index contributed by atoms with van der Waals surface area (Å²) in [6.45, 7) is 4.87. The zero-order chi connectivity index (χ0) is 19.7. The molecule has 0 saturated carbocycles. The fourth-order valence-electron chi connectivity index (χ4n) is 3.89. The van der Waals surface area contributed by atoms with Crippen molar-refractivity contribution in [1.29, 1.82) is 0 Å². The van der Waals surface area contributed by atoms with E-state index >= 15 is 0 Å². The predicted molar refractivity (Wildman–Crippen MR) is 103 cm³/mol. The minimum Gasteiger partial charge on any atom is -0.495 e. The number of carbonyl (C=O) groups is 2. The van der Waals surface area contributed by atoms with Gasteiger partial charge < -0.3 is 19.1 Å². The van der Waals surface area contributed by atoms with Crippen molar-refractivity contribution in [3.05, 3.63) is 36.1 Å². The van der Waals surface area contributed by atoms with E-state index in [4.69, 9.17) is 9.26 Å². The van der Waals surface area contributed by atoms with Crippen LogP contribution in [0.1, 0.15) is 12.2 Å². The van der Waals surface area contributed by atoms with E-state index < -0.39 is 0 Å². The summed E-state index contributed by atoms with van der Waals surface area (Å²) in [6.07, 6.45) is 0.220. The molecular formula is C20H24N4O4. The molecule has 0 aliphatic carbocycles. The van der Waals surface area contributed by atoms with Crippen molar-refractivity contribution in [2.75, 3.05) is 49.6 Å². The van der Waals surface area contributed by atoms with Gasteiger partial charge >= 0.3 is 0 Å². The van der Waals surface area contributed by atoms with Gasteiger partial charge in [-0.15, -0.1) is 0 Å². The minimum absolute atomic E-state index is 0.0377. The van der Waals surface area contributed by atoms with E-state index in [0.29, 0.717) is 31.2 Å². The number of aromatic nitrogens is 1. The summed E-state index contributed by atoms with van der Waals surface area (Å²) in [4.78, 5) is 30.9. The Bertz CT molecular complexity index is 873. The summed E-state index contributed by atoms with van der Waals surface area (Å²) in [5, 5.41) is 3.90. The first-order valence-electron chi connectivity index (χ1n) is 9.47. The second kappa shape index (κ2) is 7.53. The molecule has 2 amide bonds. The van der Waals surface area contributed by atoms with Crippen LogP contribution in [-0.2, 0) is 9.59 Å². The summed E-state index contributed by atoms with van der Waals surface area (Å²) >= 11 is 0. The largest absolute Gasteiger partial charge is 0.495 e. The smallest absolute Gasteiger partial charge is 0.229 e. The Morgan fingerprint density at radius 2 is 1.96 bits per heavy atom. The van der Waals surface area contributed by atoms with Gasteiger partial charge in [0.05, 0.1) is 18.7 Å². The molecule has 1 atom stereocenters. The summed E-state index contributed by atoms with van der Waals surface area (Å²) in [5.74, 6) is 1.59. The highest BCUT2D eigenvalue weighted by atomic mass is 16.5. The van der Waals surface area contributed by atoms with Gasteiger partial charge in [0.1, 0.15) is 11.5 Å². The quantitative estimate of drug-likeness (QED) is 0.798. The summed E-state index contributed by atoms with van der Waals surface area (Å²) in [7, 11) is 1.66. The highest BCUT2D eigenvalue weighted by Crippen LogP contribution is 2.30. The second-order valence-electron chi connectivity index (χ2n) is 7.19. The van der Waals surface area contributed by atoms with Gasteiger partial charge in [-0.1, -0.05) is 17.3 Å². The average Bonchev–Trinajstić information content (AvgIpc) is 3.33. The molecule has 0 radical (unpaired) electrons. The fraction of sp³-hybridized carbons (Fsp3) is 0.450. The van der Waals surface area contributed by atoms with Crippen LogP contribution >= 0.6 is 0 Å².